The Balaban J connectivity index is 3.09. The summed E-state index contributed by atoms with van der Waals surface area (Å²) in [7, 11) is -4.01. The van der Waals surface area contributed by atoms with Gasteiger partial charge in [-0.25, -0.2) is 5.14 Å². The zero-order chi connectivity index (χ0) is 12.4. The summed E-state index contributed by atoms with van der Waals surface area (Å²) in [6.45, 7) is 0. The van der Waals surface area contributed by atoms with E-state index < -0.39 is 13.3 Å². The number of rotatable bonds is 3. The zero-order valence-electron chi connectivity index (χ0n) is 7.68. The number of hydrogen-bond donors (Lipinski definition) is 1. The van der Waals surface area contributed by atoms with Gasteiger partial charge in [-0.05, 0) is 12.1 Å². The van der Waals surface area contributed by atoms with Crippen molar-refractivity contribution in [3.05, 3.63) is 30.3 Å². The van der Waals surface area contributed by atoms with Gasteiger partial charge in [0.05, 0.1) is 5.69 Å². The molecule has 0 saturated carbocycles. The van der Waals surface area contributed by atoms with Crippen LogP contribution in [0.3, 0.4) is 0 Å². The van der Waals surface area contributed by atoms with Gasteiger partial charge in [0, 0.05) is 11.9 Å². The molecule has 0 aromatic heterocycles. The lowest BCUT2D eigenvalue weighted by Gasteiger charge is -2.23. The summed E-state index contributed by atoms with van der Waals surface area (Å²) in [5.41, 5.74) is 0.307. The summed E-state index contributed by atoms with van der Waals surface area (Å²) in [5.74, 6) is 0. The number of para-hydroxylation sites is 1. The molecule has 0 unspecified atom stereocenters. The first kappa shape index (κ1) is 14.2. The van der Waals surface area contributed by atoms with Crippen LogP contribution < -0.4 is 8.85 Å². The molecule has 0 atom stereocenters. The van der Waals surface area contributed by atoms with E-state index in [-0.39, 0.29) is 0 Å². The fraction of sp³-hybridized carbons (Fsp3) is 0.143. The molecule has 0 bridgehead atoms. The Kier molecular flexibility index (Phi) is 4.62. The fourth-order valence-corrected chi connectivity index (χ4v) is 3.47. The summed E-state index contributed by atoms with van der Waals surface area (Å²) >= 11 is 17.0. The molecule has 0 radical (unpaired) electrons. The van der Waals surface area contributed by atoms with Crippen LogP contribution in [0, 0.1) is 0 Å². The maximum Gasteiger partial charge on any atom is 0.308 e. The second kappa shape index (κ2) is 5.20. The van der Waals surface area contributed by atoms with Crippen LogP contribution in [0.15, 0.2) is 30.3 Å². The van der Waals surface area contributed by atoms with Crippen molar-refractivity contribution in [3.63, 3.8) is 0 Å². The number of anilines is 1. The Hall–Kier alpha value is 0.150. The van der Waals surface area contributed by atoms with Crippen molar-refractivity contribution < 1.29 is 8.42 Å². The van der Waals surface area contributed by atoms with Crippen molar-refractivity contribution in [2.24, 2.45) is 5.14 Å². The standard InChI is InChI=1S/C7H7Cl3N2O2S2/c8-7(9,10)15-12(16(11,13)14)6-4-2-1-3-5-6/h1-5H,(H2,11,13,14). The minimum Gasteiger partial charge on any atom is -0.210 e. The SMILES string of the molecule is NS(=O)(=O)N(SC(Cl)(Cl)Cl)c1ccccc1. The molecule has 0 fully saturated rings. The molecule has 0 spiro atoms. The van der Waals surface area contributed by atoms with Crippen molar-refractivity contribution in [3.8, 4) is 0 Å². The average Bonchev–Trinajstić information content (AvgIpc) is 2.13. The normalized spacial score (nSPS) is 12.5. The highest BCUT2D eigenvalue weighted by Crippen LogP contribution is 2.43. The van der Waals surface area contributed by atoms with Gasteiger partial charge in [0.2, 0.25) is 0 Å². The second-order valence-electron chi connectivity index (χ2n) is 2.64. The number of alkyl halides is 3. The van der Waals surface area contributed by atoms with Crippen LogP contribution in [-0.2, 0) is 10.2 Å². The maximum atomic E-state index is 11.3. The quantitative estimate of drug-likeness (QED) is 0.687. The van der Waals surface area contributed by atoms with E-state index in [0.717, 1.165) is 3.71 Å². The number of nitrogens with zero attached hydrogens (tertiary/aromatic N) is 1. The molecule has 16 heavy (non-hydrogen) atoms. The molecule has 4 nitrogen and oxygen atoms in total. The van der Waals surface area contributed by atoms with Crippen LogP contribution in [0.5, 0.6) is 0 Å². The molecule has 0 aliphatic carbocycles. The van der Waals surface area contributed by atoms with Gasteiger partial charge in [-0.2, -0.15) is 12.1 Å². The molecule has 90 valence electrons. The first-order chi connectivity index (χ1) is 7.20. The minimum absolute atomic E-state index is 0.307. The van der Waals surface area contributed by atoms with E-state index in [0.29, 0.717) is 17.6 Å². The molecule has 1 rings (SSSR count). The highest BCUT2D eigenvalue weighted by atomic mass is 35.6. The third-order valence-corrected chi connectivity index (χ3v) is 4.11. The molecule has 0 aliphatic rings. The van der Waals surface area contributed by atoms with Crippen LogP contribution in [0.25, 0.3) is 0 Å². The van der Waals surface area contributed by atoms with Gasteiger partial charge in [0.1, 0.15) is 0 Å². The maximum absolute atomic E-state index is 11.3. The van der Waals surface area contributed by atoms with Crippen LogP contribution in [-0.4, -0.2) is 11.5 Å². The van der Waals surface area contributed by atoms with E-state index in [1.807, 2.05) is 0 Å². The van der Waals surface area contributed by atoms with Gasteiger partial charge in [0.15, 0.2) is 0 Å². The lowest BCUT2D eigenvalue weighted by atomic mass is 10.3. The summed E-state index contributed by atoms with van der Waals surface area (Å²) in [6, 6.07) is 8.09. The number of nitrogens with two attached hydrogens (primary N) is 1. The van der Waals surface area contributed by atoms with E-state index in [9.17, 15) is 8.42 Å². The molecular formula is C7H7Cl3N2O2S2. The molecule has 1 aromatic carbocycles. The molecule has 2 N–H and O–H groups in total. The van der Waals surface area contributed by atoms with Gasteiger partial charge < -0.3 is 0 Å². The Bertz CT molecular complexity index is 446. The zero-order valence-corrected chi connectivity index (χ0v) is 11.6. The highest BCUT2D eigenvalue weighted by molar-refractivity contribution is 8.16. The topological polar surface area (TPSA) is 63.4 Å². The predicted octanol–water partition coefficient (Wildman–Crippen LogP) is 2.67. The van der Waals surface area contributed by atoms with Crippen LogP contribution in [0.1, 0.15) is 0 Å². The van der Waals surface area contributed by atoms with E-state index in [1.165, 1.54) is 12.1 Å². The second-order valence-corrected chi connectivity index (χ2v) is 8.38. The molecule has 9 heteroatoms. The van der Waals surface area contributed by atoms with Crippen LogP contribution in [0.2, 0.25) is 0 Å². The van der Waals surface area contributed by atoms with Gasteiger partial charge in [0.25, 0.3) is 3.12 Å². The number of halogens is 3. The molecule has 0 heterocycles. The summed E-state index contributed by atoms with van der Waals surface area (Å²) < 4.78 is 21.6. The van der Waals surface area contributed by atoms with Gasteiger partial charge in [-0.3, -0.25) is 0 Å². The largest absolute Gasteiger partial charge is 0.308 e. The summed E-state index contributed by atoms with van der Waals surface area (Å²) in [6.07, 6.45) is 0. The first-order valence-electron chi connectivity index (χ1n) is 3.84. The third kappa shape index (κ3) is 4.57. The molecule has 0 saturated heterocycles. The van der Waals surface area contributed by atoms with Crippen LogP contribution in [0.4, 0.5) is 5.69 Å². The van der Waals surface area contributed by atoms with E-state index >= 15 is 0 Å². The molecular weight excluding hydrogens is 315 g/mol. The van der Waals surface area contributed by atoms with E-state index in [4.69, 9.17) is 39.9 Å². The first-order valence-corrected chi connectivity index (χ1v) is 7.25. The van der Waals surface area contributed by atoms with Crippen molar-refractivity contribution in [2.45, 2.75) is 3.12 Å². The van der Waals surface area contributed by atoms with E-state index in [2.05, 4.69) is 0 Å². The molecule has 0 aliphatic heterocycles. The average molecular weight is 322 g/mol. The monoisotopic (exact) mass is 320 g/mol. The lowest BCUT2D eigenvalue weighted by molar-refractivity contribution is 0.600. The fourth-order valence-electron chi connectivity index (χ4n) is 0.895. The summed E-state index contributed by atoms with van der Waals surface area (Å²) in [4.78, 5) is 0. The molecule has 0 amide bonds. The third-order valence-electron chi connectivity index (χ3n) is 1.38. The van der Waals surface area contributed by atoms with E-state index in [1.54, 1.807) is 18.2 Å². The smallest absolute Gasteiger partial charge is 0.210 e. The van der Waals surface area contributed by atoms with Crippen molar-refractivity contribution in [1.82, 2.24) is 0 Å². The molecule has 1 aromatic rings. The van der Waals surface area contributed by atoms with Gasteiger partial charge in [-0.1, -0.05) is 53.0 Å². The Morgan fingerprint density at radius 1 is 1.19 bits per heavy atom. The van der Waals surface area contributed by atoms with Crippen molar-refractivity contribution in [2.75, 3.05) is 3.71 Å². The van der Waals surface area contributed by atoms with Gasteiger partial charge in [-0.15, -0.1) is 0 Å². The minimum atomic E-state index is -4.01. The lowest BCUT2D eigenvalue weighted by Crippen LogP contribution is -2.33. The number of benzene rings is 1. The Labute approximate surface area is 113 Å². The van der Waals surface area contributed by atoms with Crippen LogP contribution >= 0.6 is 46.8 Å². The Morgan fingerprint density at radius 2 is 1.69 bits per heavy atom. The summed E-state index contributed by atoms with van der Waals surface area (Å²) in [5, 5.41) is 5.02. The number of hydrogen-bond acceptors (Lipinski definition) is 3. The van der Waals surface area contributed by atoms with Crippen molar-refractivity contribution >= 4 is 62.6 Å². The van der Waals surface area contributed by atoms with Crippen molar-refractivity contribution in [1.29, 1.82) is 0 Å². The van der Waals surface area contributed by atoms with Gasteiger partial charge >= 0.3 is 10.2 Å². The predicted molar refractivity (Wildman–Crippen MR) is 69.9 cm³/mol. The Morgan fingerprint density at radius 3 is 2.06 bits per heavy atom. The highest BCUT2D eigenvalue weighted by Gasteiger charge is 2.31.